The van der Waals surface area contributed by atoms with Gasteiger partial charge >= 0.3 is 0 Å². The van der Waals surface area contributed by atoms with Gasteiger partial charge in [0.15, 0.2) is 0 Å². The standard InChI is InChI=1S/C10H11Cl2N3O2/c11-5-2-1-3-7(9(5)12)15-10(17)6(13)4-8(14)16/h1-3,6H,4,13H2,(H2,14,16)(H,15,17). The lowest BCUT2D eigenvalue weighted by atomic mass is 10.2. The van der Waals surface area contributed by atoms with Crippen molar-refractivity contribution >= 4 is 40.7 Å². The molecule has 0 heterocycles. The third-order valence-electron chi connectivity index (χ3n) is 1.97. The van der Waals surface area contributed by atoms with E-state index in [0.717, 1.165) is 0 Å². The van der Waals surface area contributed by atoms with Crippen molar-refractivity contribution in [3.63, 3.8) is 0 Å². The van der Waals surface area contributed by atoms with Gasteiger partial charge in [-0.05, 0) is 12.1 Å². The molecule has 0 aliphatic rings. The van der Waals surface area contributed by atoms with E-state index in [2.05, 4.69) is 5.32 Å². The normalized spacial score (nSPS) is 11.9. The zero-order chi connectivity index (χ0) is 13.0. The molecule has 0 aromatic heterocycles. The summed E-state index contributed by atoms with van der Waals surface area (Å²) in [6, 6.07) is 3.78. The fourth-order valence-electron chi connectivity index (χ4n) is 1.14. The van der Waals surface area contributed by atoms with Gasteiger partial charge in [0.2, 0.25) is 11.8 Å². The van der Waals surface area contributed by atoms with E-state index in [1.165, 1.54) is 0 Å². The molecule has 0 saturated heterocycles. The summed E-state index contributed by atoms with van der Waals surface area (Å²) in [6.45, 7) is 0. The average Bonchev–Trinajstić information content (AvgIpc) is 2.23. The highest BCUT2D eigenvalue weighted by Gasteiger charge is 2.17. The van der Waals surface area contributed by atoms with Gasteiger partial charge in [-0.1, -0.05) is 29.3 Å². The van der Waals surface area contributed by atoms with Gasteiger partial charge < -0.3 is 16.8 Å². The molecule has 5 N–H and O–H groups in total. The third-order valence-corrected chi connectivity index (χ3v) is 2.79. The Morgan fingerprint density at radius 3 is 2.59 bits per heavy atom. The van der Waals surface area contributed by atoms with E-state index in [-0.39, 0.29) is 11.4 Å². The fourth-order valence-corrected chi connectivity index (χ4v) is 1.48. The lowest BCUT2D eigenvalue weighted by Gasteiger charge is -2.12. The van der Waals surface area contributed by atoms with E-state index < -0.39 is 17.9 Å². The van der Waals surface area contributed by atoms with E-state index in [1.807, 2.05) is 0 Å². The van der Waals surface area contributed by atoms with Crippen molar-refractivity contribution < 1.29 is 9.59 Å². The molecule has 0 spiro atoms. The molecule has 17 heavy (non-hydrogen) atoms. The smallest absolute Gasteiger partial charge is 0.241 e. The Balaban J connectivity index is 2.74. The largest absolute Gasteiger partial charge is 0.370 e. The highest BCUT2D eigenvalue weighted by Crippen LogP contribution is 2.29. The van der Waals surface area contributed by atoms with Crippen LogP contribution in [0.25, 0.3) is 0 Å². The number of halogens is 2. The molecule has 0 aliphatic heterocycles. The number of primary amides is 1. The Morgan fingerprint density at radius 2 is 2.00 bits per heavy atom. The summed E-state index contributed by atoms with van der Waals surface area (Å²) in [5.74, 6) is -1.20. The molecule has 1 aromatic carbocycles. The van der Waals surface area contributed by atoms with Gasteiger partial charge in [0.05, 0.1) is 28.2 Å². The lowest BCUT2D eigenvalue weighted by Crippen LogP contribution is -2.39. The summed E-state index contributed by atoms with van der Waals surface area (Å²) in [6.07, 6.45) is -0.232. The summed E-state index contributed by atoms with van der Waals surface area (Å²) in [5, 5.41) is 3.00. The first-order valence-corrected chi connectivity index (χ1v) is 5.46. The lowest BCUT2D eigenvalue weighted by molar-refractivity contribution is -0.123. The van der Waals surface area contributed by atoms with Crippen LogP contribution in [0, 0.1) is 0 Å². The first-order chi connectivity index (χ1) is 7.91. The van der Waals surface area contributed by atoms with Crippen LogP contribution in [-0.2, 0) is 9.59 Å². The molecule has 92 valence electrons. The minimum absolute atomic E-state index is 0.216. The van der Waals surface area contributed by atoms with Crippen LogP contribution in [0.1, 0.15) is 6.42 Å². The molecule has 5 nitrogen and oxygen atoms in total. The van der Waals surface area contributed by atoms with Gasteiger partial charge in [0.25, 0.3) is 0 Å². The summed E-state index contributed by atoms with van der Waals surface area (Å²) < 4.78 is 0. The number of anilines is 1. The van der Waals surface area contributed by atoms with Crippen molar-refractivity contribution in [2.45, 2.75) is 12.5 Å². The summed E-state index contributed by atoms with van der Waals surface area (Å²) in [7, 11) is 0. The van der Waals surface area contributed by atoms with Gasteiger partial charge in [-0.2, -0.15) is 0 Å². The van der Waals surface area contributed by atoms with Gasteiger partial charge in [-0.15, -0.1) is 0 Å². The van der Waals surface area contributed by atoms with Crippen molar-refractivity contribution in [2.75, 3.05) is 5.32 Å². The number of hydrogen-bond donors (Lipinski definition) is 3. The molecule has 7 heteroatoms. The summed E-state index contributed by atoms with van der Waals surface area (Å²) in [5.41, 5.74) is 10.7. The molecule has 1 aromatic rings. The van der Waals surface area contributed by atoms with Crippen molar-refractivity contribution in [3.8, 4) is 0 Å². The third kappa shape index (κ3) is 3.89. The van der Waals surface area contributed by atoms with Gasteiger partial charge in [0.1, 0.15) is 0 Å². The minimum atomic E-state index is -1.01. The molecule has 0 saturated carbocycles. The Kier molecular flexibility index (Phi) is 4.74. The predicted octanol–water partition coefficient (Wildman–Crippen LogP) is 1.13. The molecular formula is C10H11Cl2N3O2. The van der Waals surface area contributed by atoms with E-state index in [4.69, 9.17) is 34.7 Å². The number of rotatable bonds is 4. The van der Waals surface area contributed by atoms with E-state index in [9.17, 15) is 9.59 Å². The van der Waals surface area contributed by atoms with Crippen molar-refractivity contribution in [2.24, 2.45) is 11.5 Å². The highest BCUT2D eigenvalue weighted by molar-refractivity contribution is 6.44. The van der Waals surface area contributed by atoms with Crippen molar-refractivity contribution in [3.05, 3.63) is 28.2 Å². The van der Waals surface area contributed by atoms with Crippen LogP contribution in [0.4, 0.5) is 5.69 Å². The number of nitrogens with two attached hydrogens (primary N) is 2. The maximum Gasteiger partial charge on any atom is 0.241 e. The second kappa shape index (κ2) is 5.86. The molecule has 0 fully saturated rings. The van der Waals surface area contributed by atoms with Crippen molar-refractivity contribution in [1.29, 1.82) is 0 Å². The highest BCUT2D eigenvalue weighted by atomic mass is 35.5. The maximum atomic E-state index is 11.6. The predicted molar refractivity (Wildman–Crippen MR) is 66.9 cm³/mol. The first kappa shape index (κ1) is 13.8. The zero-order valence-corrected chi connectivity index (χ0v) is 10.3. The molecule has 1 unspecified atom stereocenters. The van der Waals surface area contributed by atoms with Crippen LogP contribution in [0.5, 0.6) is 0 Å². The van der Waals surface area contributed by atoms with Crippen molar-refractivity contribution in [1.82, 2.24) is 0 Å². The molecular weight excluding hydrogens is 265 g/mol. The first-order valence-electron chi connectivity index (χ1n) is 4.70. The fraction of sp³-hybridized carbons (Fsp3) is 0.200. The molecule has 1 atom stereocenters. The van der Waals surface area contributed by atoms with Crippen LogP contribution in [0.15, 0.2) is 18.2 Å². The van der Waals surface area contributed by atoms with Gasteiger partial charge in [-0.3, -0.25) is 9.59 Å². The van der Waals surface area contributed by atoms with Crippen LogP contribution < -0.4 is 16.8 Å². The summed E-state index contributed by atoms with van der Waals surface area (Å²) in [4.78, 5) is 22.2. The van der Waals surface area contributed by atoms with Crippen LogP contribution in [0.2, 0.25) is 10.0 Å². The van der Waals surface area contributed by atoms with Gasteiger partial charge in [-0.25, -0.2) is 0 Å². The zero-order valence-electron chi connectivity index (χ0n) is 8.74. The van der Waals surface area contributed by atoms with Gasteiger partial charge in [0, 0.05) is 0 Å². The van der Waals surface area contributed by atoms with E-state index in [0.29, 0.717) is 10.7 Å². The number of carbonyl (C=O) groups is 2. The second-order valence-electron chi connectivity index (χ2n) is 3.37. The SMILES string of the molecule is NC(=O)CC(N)C(=O)Nc1cccc(Cl)c1Cl. The Bertz CT molecular complexity index is 451. The molecule has 0 bridgehead atoms. The minimum Gasteiger partial charge on any atom is -0.370 e. The topological polar surface area (TPSA) is 98.2 Å². The molecule has 0 radical (unpaired) electrons. The molecule has 0 aliphatic carbocycles. The van der Waals surface area contributed by atoms with Crippen LogP contribution in [0.3, 0.4) is 0 Å². The van der Waals surface area contributed by atoms with Crippen LogP contribution >= 0.6 is 23.2 Å². The number of amides is 2. The number of carbonyl (C=O) groups excluding carboxylic acids is 2. The second-order valence-corrected chi connectivity index (χ2v) is 4.15. The Labute approximate surface area is 108 Å². The van der Waals surface area contributed by atoms with E-state index >= 15 is 0 Å². The number of benzene rings is 1. The monoisotopic (exact) mass is 275 g/mol. The Hall–Kier alpha value is -1.30. The maximum absolute atomic E-state index is 11.6. The quantitative estimate of drug-likeness (QED) is 0.768. The summed E-state index contributed by atoms with van der Waals surface area (Å²) >= 11 is 11.6. The Morgan fingerprint density at radius 1 is 1.35 bits per heavy atom. The average molecular weight is 276 g/mol. The number of hydrogen-bond acceptors (Lipinski definition) is 3. The molecule has 2 amide bonds. The van der Waals surface area contributed by atoms with E-state index in [1.54, 1.807) is 18.2 Å². The van der Waals surface area contributed by atoms with Crippen LogP contribution in [-0.4, -0.2) is 17.9 Å². The molecule has 1 rings (SSSR count). The number of nitrogens with one attached hydrogen (secondary N) is 1.